The van der Waals surface area contributed by atoms with Crippen molar-refractivity contribution >= 4 is 21.6 Å². The third-order valence-corrected chi connectivity index (χ3v) is 3.97. The SMILES string of the molecule is CN(CC(F)F)S(=O)(=O)c1cnn(CCCl)c1. The smallest absolute Gasteiger partial charge is 0.252 e. The highest BCUT2D eigenvalue weighted by Crippen LogP contribution is 2.14. The molecule has 0 radical (unpaired) electrons. The summed E-state index contributed by atoms with van der Waals surface area (Å²) in [6, 6.07) is 0. The lowest BCUT2D eigenvalue weighted by Crippen LogP contribution is -2.31. The number of alkyl halides is 3. The molecule has 0 spiro atoms. The Labute approximate surface area is 103 Å². The third-order valence-electron chi connectivity index (χ3n) is 2.03. The fraction of sp³-hybridized carbons (Fsp3) is 0.625. The number of aryl methyl sites for hydroxylation is 1. The molecule has 0 unspecified atom stereocenters. The van der Waals surface area contributed by atoms with Gasteiger partial charge in [0, 0.05) is 19.1 Å². The van der Waals surface area contributed by atoms with Gasteiger partial charge < -0.3 is 0 Å². The van der Waals surface area contributed by atoms with Crippen LogP contribution in [0.4, 0.5) is 8.78 Å². The molecular formula is C8H12ClF2N3O2S. The summed E-state index contributed by atoms with van der Waals surface area (Å²) in [7, 11) is -2.81. The normalized spacial score (nSPS) is 12.6. The number of halogens is 3. The summed E-state index contributed by atoms with van der Waals surface area (Å²) in [5.74, 6) is 0.286. The topological polar surface area (TPSA) is 55.2 Å². The predicted molar refractivity (Wildman–Crippen MR) is 58.8 cm³/mol. The highest BCUT2D eigenvalue weighted by molar-refractivity contribution is 7.89. The molecule has 0 aliphatic heterocycles. The van der Waals surface area contributed by atoms with Crippen molar-refractivity contribution in [1.82, 2.24) is 14.1 Å². The van der Waals surface area contributed by atoms with Crippen LogP contribution in [0.1, 0.15) is 0 Å². The van der Waals surface area contributed by atoms with Crippen LogP contribution in [0.5, 0.6) is 0 Å². The van der Waals surface area contributed by atoms with E-state index < -0.39 is 23.0 Å². The van der Waals surface area contributed by atoms with E-state index in [1.807, 2.05) is 0 Å². The number of sulfonamides is 1. The molecule has 9 heteroatoms. The minimum atomic E-state index is -3.90. The summed E-state index contributed by atoms with van der Waals surface area (Å²) >= 11 is 5.47. The summed E-state index contributed by atoms with van der Waals surface area (Å²) in [6.45, 7) is -0.487. The largest absolute Gasteiger partial charge is 0.270 e. The van der Waals surface area contributed by atoms with Crippen molar-refractivity contribution in [3.05, 3.63) is 12.4 Å². The highest BCUT2D eigenvalue weighted by atomic mass is 35.5. The first-order valence-corrected chi connectivity index (χ1v) is 6.68. The summed E-state index contributed by atoms with van der Waals surface area (Å²) in [5, 5.41) is 3.77. The van der Waals surface area contributed by atoms with Gasteiger partial charge in [-0.1, -0.05) is 0 Å². The van der Waals surface area contributed by atoms with Crippen LogP contribution >= 0.6 is 11.6 Å². The third kappa shape index (κ3) is 3.62. The minimum Gasteiger partial charge on any atom is -0.270 e. The fourth-order valence-corrected chi connectivity index (χ4v) is 2.44. The van der Waals surface area contributed by atoms with E-state index in [9.17, 15) is 17.2 Å². The Balaban J connectivity index is 2.88. The Morgan fingerprint density at radius 3 is 2.76 bits per heavy atom. The fourth-order valence-electron chi connectivity index (χ4n) is 1.16. The van der Waals surface area contributed by atoms with Crippen LogP contribution in [-0.2, 0) is 16.6 Å². The second-order valence-corrected chi connectivity index (χ2v) is 5.73. The molecule has 5 nitrogen and oxygen atoms in total. The number of hydrogen-bond donors (Lipinski definition) is 0. The number of hydrogen-bond acceptors (Lipinski definition) is 3. The van der Waals surface area contributed by atoms with E-state index in [1.165, 1.54) is 10.9 Å². The molecule has 0 bridgehead atoms. The van der Waals surface area contributed by atoms with E-state index in [0.717, 1.165) is 13.2 Å². The van der Waals surface area contributed by atoms with Gasteiger partial charge in [0.1, 0.15) is 4.90 Å². The van der Waals surface area contributed by atoms with Crippen molar-refractivity contribution in [2.75, 3.05) is 19.5 Å². The molecule has 1 aromatic rings. The molecule has 98 valence electrons. The Kier molecular flexibility index (Phi) is 4.84. The molecule has 1 aromatic heterocycles. The molecule has 0 aromatic carbocycles. The van der Waals surface area contributed by atoms with Crippen molar-refractivity contribution < 1.29 is 17.2 Å². The summed E-state index contributed by atoms with van der Waals surface area (Å²) in [5.41, 5.74) is 0. The number of nitrogens with zero attached hydrogens (tertiary/aromatic N) is 3. The Hall–Kier alpha value is -0.730. The van der Waals surface area contributed by atoms with Crippen molar-refractivity contribution in [2.24, 2.45) is 0 Å². The van der Waals surface area contributed by atoms with Crippen LogP contribution in [0, 0.1) is 0 Å². The lowest BCUT2D eigenvalue weighted by molar-refractivity contribution is 0.126. The molecule has 0 aliphatic rings. The second kappa shape index (κ2) is 5.74. The van der Waals surface area contributed by atoms with Gasteiger partial charge in [-0.15, -0.1) is 11.6 Å². The van der Waals surface area contributed by atoms with E-state index in [4.69, 9.17) is 11.6 Å². The molecule has 17 heavy (non-hydrogen) atoms. The highest BCUT2D eigenvalue weighted by Gasteiger charge is 2.24. The van der Waals surface area contributed by atoms with E-state index >= 15 is 0 Å². The molecule has 0 aliphatic carbocycles. The maximum atomic E-state index is 12.1. The van der Waals surface area contributed by atoms with Crippen LogP contribution in [0.3, 0.4) is 0 Å². The molecule has 1 rings (SSSR count). The van der Waals surface area contributed by atoms with Crippen molar-refractivity contribution in [2.45, 2.75) is 17.9 Å². The van der Waals surface area contributed by atoms with Gasteiger partial charge in [0.15, 0.2) is 0 Å². The zero-order valence-electron chi connectivity index (χ0n) is 9.05. The average molecular weight is 288 g/mol. The average Bonchev–Trinajstić information content (AvgIpc) is 2.66. The van der Waals surface area contributed by atoms with E-state index in [1.54, 1.807) is 0 Å². The number of rotatable bonds is 6. The van der Waals surface area contributed by atoms with Crippen LogP contribution < -0.4 is 0 Å². The molecule has 0 amide bonds. The van der Waals surface area contributed by atoms with Gasteiger partial charge in [0.05, 0.1) is 19.3 Å². The van der Waals surface area contributed by atoms with Gasteiger partial charge in [-0.05, 0) is 0 Å². The Morgan fingerprint density at radius 2 is 2.24 bits per heavy atom. The van der Waals surface area contributed by atoms with Crippen molar-refractivity contribution in [1.29, 1.82) is 0 Å². The second-order valence-electron chi connectivity index (χ2n) is 3.30. The monoisotopic (exact) mass is 287 g/mol. The first-order chi connectivity index (χ1) is 7.87. The zero-order chi connectivity index (χ0) is 13.1. The van der Waals surface area contributed by atoms with E-state index in [2.05, 4.69) is 5.10 Å². The van der Waals surface area contributed by atoms with E-state index in [0.29, 0.717) is 10.8 Å². The van der Waals surface area contributed by atoms with E-state index in [-0.39, 0.29) is 10.8 Å². The van der Waals surface area contributed by atoms with Crippen LogP contribution in [0.25, 0.3) is 0 Å². The quantitative estimate of drug-likeness (QED) is 0.734. The minimum absolute atomic E-state index is 0.120. The van der Waals surface area contributed by atoms with Crippen LogP contribution in [-0.4, -0.2) is 48.4 Å². The van der Waals surface area contributed by atoms with Gasteiger partial charge in [0.2, 0.25) is 10.0 Å². The van der Waals surface area contributed by atoms with Crippen molar-refractivity contribution in [3.8, 4) is 0 Å². The number of aromatic nitrogens is 2. The molecule has 0 fully saturated rings. The maximum absolute atomic E-state index is 12.1. The summed E-state index contributed by atoms with van der Waals surface area (Å²) in [4.78, 5) is -0.120. The lowest BCUT2D eigenvalue weighted by atomic mass is 10.7. The maximum Gasteiger partial charge on any atom is 0.252 e. The predicted octanol–water partition coefficient (Wildman–Crippen LogP) is 1.01. The Bertz CT molecular complexity index is 463. The van der Waals surface area contributed by atoms with Crippen LogP contribution in [0.2, 0.25) is 0 Å². The molecule has 1 heterocycles. The molecular weight excluding hydrogens is 276 g/mol. The van der Waals surface area contributed by atoms with Gasteiger partial charge in [-0.25, -0.2) is 17.2 Å². The molecule has 0 N–H and O–H groups in total. The summed E-state index contributed by atoms with van der Waals surface area (Å²) < 4.78 is 49.7. The molecule has 0 atom stereocenters. The molecule has 0 saturated heterocycles. The van der Waals surface area contributed by atoms with Gasteiger partial charge in [0.25, 0.3) is 6.43 Å². The van der Waals surface area contributed by atoms with Crippen molar-refractivity contribution in [3.63, 3.8) is 0 Å². The van der Waals surface area contributed by atoms with Crippen LogP contribution in [0.15, 0.2) is 17.3 Å². The zero-order valence-corrected chi connectivity index (χ0v) is 10.6. The summed E-state index contributed by atoms with van der Waals surface area (Å²) in [6.07, 6.45) is -0.337. The lowest BCUT2D eigenvalue weighted by Gasteiger charge is -2.14. The van der Waals surface area contributed by atoms with Gasteiger partial charge >= 0.3 is 0 Å². The van der Waals surface area contributed by atoms with Gasteiger partial charge in [-0.2, -0.15) is 9.40 Å². The standard InChI is InChI=1S/C8H12ClF2N3O2S/c1-13(6-8(10)11)17(15,16)7-4-12-14(5-7)3-2-9/h4-5,8H,2-3,6H2,1H3. The Morgan fingerprint density at radius 1 is 1.59 bits per heavy atom. The van der Waals surface area contributed by atoms with Gasteiger partial charge in [-0.3, -0.25) is 4.68 Å². The first kappa shape index (κ1) is 14.3. The first-order valence-electron chi connectivity index (χ1n) is 4.71. The molecule has 0 saturated carbocycles.